The number of para-hydroxylation sites is 1. The first kappa shape index (κ1) is 15.2. The summed E-state index contributed by atoms with van der Waals surface area (Å²) >= 11 is 0. The molecule has 0 saturated carbocycles. The molecule has 0 radical (unpaired) electrons. The van der Waals surface area contributed by atoms with Crippen molar-refractivity contribution in [1.82, 2.24) is 0 Å². The highest BCUT2D eigenvalue weighted by Crippen LogP contribution is 2.34. The number of hydrogen-bond donors (Lipinski definition) is 1. The number of carbonyl (C=O) groups is 1. The fraction of sp³-hybridized carbons (Fsp3) is 0. The number of benzene rings is 2. The molecule has 1 heterocycles. The van der Waals surface area contributed by atoms with Crippen molar-refractivity contribution >= 4 is 28.8 Å². The number of hydrogen-bond acceptors (Lipinski definition) is 6. The summed E-state index contributed by atoms with van der Waals surface area (Å²) in [6.45, 7) is 0. The van der Waals surface area contributed by atoms with Crippen LogP contribution in [0, 0.1) is 10.1 Å². The first-order chi connectivity index (χ1) is 11.6. The van der Waals surface area contributed by atoms with Crippen molar-refractivity contribution in [3.8, 4) is 11.5 Å². The Morgan fingerprint density at radius 3 is 2.62 bits per heavy atom. The first-order valence-electron chi connectivity index (χ1n) is 6.77. The Balaban J connectivity index is 2.19. The molecule has 8 nitrogen and oxygen atoms in total. The standard InChI is InChI=1S/C16H10N2O6/c19-9-17-12-8-23-14-7-13(18(21)22)15(6-11(14)16(12)20)24-10-4-2-1-3-5-10/h1-9H,(H,17,19). The van der Waals surface area contributed by atoms with Gasteiger partial charge in [0.25, 0.3) is 0 Å². The SMILES string of the molecule is O=CNc1coc2cc([N+](=O)[O-])c(Oc3ccccc3)cc2c1=O. The average molecular weight is 326 g/mol. The Labute approximate surface area is 134 Å². The number of nitro groups is 1. The molecule has 1 amide bonds. The molecule has 3 rings (SSSR count). The summed E-state index contributed by atoms with van der Waals surface area (Å²) in [5.41, 5.74) is -0.928. The maximum absolute atomic E-state index is 12.3. The van der Waals surface area contributed by atoms with Gasteiger partial charge in [-0.25, -0.2) is 0 Å². The normalized spacial score (nSPS) is 10.3. The van der Waals surface area contributed by atoms with Crippen LogP contribution in [-0.2, 0) is 4.79 Å². The minimum absolute atomic E-state index is 0.0172. The van der Waals surface area contributed by atoms with Gasteiger partial charge in [0.05, 0.1) is 16.4 Å². The quantitative estimate of drug-likeness (QED) is 0.438. The number of carbonyl (C=O) groups excluding carboxylic acids is 1. The van der Waals surface area contributed by atoms with Crippen LogP contribution in [0.25, 0.3) is 11.0 Å². The van der Waals surface area contributed by atoms with E-state index in [0.717, 1.165) is 12.3 Å². The average Bonchev–Trinajstić information content (AvgIpc) is 2.58. The third-order valence-electron chi connectivity index (χ3n) is 3.24. The van der Waals surface area contributed by atoms with Gasteiger partial charge in [0.1, 0.15) is 23.3 Å². The highest BCUT2D eigenvalue weighted by molar-refractivity contribution is 5.86. The molecule has 0 aliphatic heterocycles. The van der Waals surface area contributed by atoms with Gasteiger partial charge in [0.2, 0.25) is 17.6 Å². The molecule has 0 spiro atoms. The van der Waals surface area contributed by atoms with E-state index in [-0.39, 0.29) is 28.1 Å². The van der Waals surface area contributed by atoms with Gasteiger partial charge in [0, 0.05) is 6.07 Å². The molecule has 120 valence electrons. The Morgan fingerprint density at radius 2 is 1.96 bits per heavy atom. The highest BCUT2D eigenvalue weighted by Gasteiger charge is 2.20. The van der Waals surface area contributed by atoms with E-state index in [2.05, 4.69) is 5.32 Å². The van der Waals surface area contributed by atoms with Crippen molar-refractivity contribution in [2.24, 2.45) is 0 Å². The molecule has 0 aliphatic rings. The van der Waals surface area contributed by atoms with Gasteiger partial charge in [-0.1, -0.05) is 18.2 Å². The van der Waals surface area contributed by atoms with Crippen LogP contribution in [0.5, 0.6) is 11.5 Å². The summed E-state index contributed by atoms with van der Waals surface area (Å²) in [4.78, 5) is 33.4. The molecule has 0 bridgehead atoms. The Hall–Kier alpha value is -3.68. The molecule has 1 N–H and O–H groups in total. The number of anilines is 1. The molecular formula is C16H10N2O6. The summed E-state index contributed by atoms with van der Waals surface area (Å²) < 4.78 is 10.7. The van der Waals surface area contributed by atoms with Gasteiger partial charge >= 0.3 is 5.69 Å². The molecule has 0 saturated heterocycles. The van der Waals surface area contributed by atoms with E-state index >= 15 is 0 Å². The van der Waals surface area contributed by atoms with Crippen LogP contribution in [0.2, 0.25) is 0 Å². The number of amides is 1. The Bertz CT molecular complexity index is 981. The van der Waals surface area contributed by atoms with Crippen molar-refractivity contribution in [1.29, 1.82) is 0 Å². The molecule has 2 aromatic carbocycles. The zero-order valence-electron chi connectivity index (χ0n) is 12.1. The van der Waals surface area contributed by atoms with Crippen molar-refractivity contribution in [2.75, 3.05) is 5.32 Å². The van der Waals surface area contributed by atoms with Gasteiger partial charge < -0.3 is 14.5 Å². The second-order valence-corrected chi connectivity index (χ2v) is 4.73. The summed E-state index contributed by atoms with van der Waals surface area (Å²) in [6.07, 6.45) is 1.37. The molecule has 0 unspecified atom stereocenters. The largest absolute Gasteiger partial charge is 0.462 e. The summed E-state index contributed by atoms with van der Waals surface area (Å²) in [7, 11) is 0. The molecule has 3 aromatic rings. The lowest BCUT2D eigenvalue weighted by Crippen LogP contribution is -2.10. The lowest BCUT2D eigenvalue weighted by Gasteiger charge is -2.08. The smallest absolute Gasteiger partial charge is 0.315 e. The van der Waals surface area contributed by atoms with Crippen molar-refractivity contribution < 1.29 is 18.9 Å². The van der Waals surface area contributed by atoms with Gasteiger partial charge in [0.15, 0.2) is 0 Å². The molecular weight excluding hydrogens is 316 g/mol. The minimum atomic E-state index is -0.630. The lowest BCUT2D eigenvalue weighted by atomic mass is 10.2. The van der Waals surface area contributed by atoms with Crippen molar-refractivity contribution in [2.45, 2.75) is 0 Å². The van der Waals surface area contributed by atoms with E-state index in [1.54, 1.807) is 30.3 Å². The van der Waals surface area contributed by atoms with Crippen molar-refractivity contribution in [3.05, 3.63) is 69.1 Å². The number of fused-ring (bicyclic) bond motifs is 1. The van der Waals surface area contributed by atoms with E-state index in [1.807, 2.05) is 0 Å². The number of nitrogens with zero attached hydrogens (tertiary/aromatic N) is 1. The van der Waals surface area contributed by atoms with Crippen molar-refractivity contribution in [3.63, 3.8) is 0 Å². The second kappa shape index (κ2) is 6.21. The van der Waals surface area contributed by atoms with E-state index in [0.29, 0.717) is 12.2 Å². The van der Waals surface area contributed by atoms with Crippen LogP contribution >= 0.6 is 0 Å². The monoisotopic (exact) mass is 326 g/mol. The second-order valence-electron chi connectivity index (χ2n) is 4.73. The molecule has 1 aromatic heterocycles. The van der Waals surface area contributed by atoms with E-state index < -0.39 is 10.4 Å². The predicted molar refractivity (Wildman–Crippen MR) is 85.3 cm³/mol. The molecule has 0 fully saturated rings. The molecule has 0 aliphatic carbocycles. The summed E-state index contributed by atoms with van der Waals surface area (Å²) in [5, 5.41) is 13.5. The number of nitrogens with one attached hydrogen (secondary N) is 1. The zero-order chi connectivity index (χ0) is 17.1. The van der Waals surface area contributed by atoms with E-state index in [1.165, 1.54) is 6.07 Å². The third-order valence-corrected chi connectivity index (χ3v) is 3.24. The first-order valence-corrected chi connectivity index (χ1v) is 6.77. The summed E-state index contributed by atoms with van der Waals surface area (Å²) in [6, 6.07) is 10.8. The van der Waals surface area contributed by atoms with Crippen LogP contribution in [0.3, 0.4) is 0 Å². The zero-order valence-corrected chi connectivity index (χ0v) is 12.1. The van der Waals surface area contributed by atoms with Gasteiger partial charge in [-0.05, 0) is 12.1 Å². The van der Waals surface area contributed by atoms with Crippen LogP contribution in [0.15, 0.2) is 57.9 Å². The number of nitro benzene ring substituents is 1. The van der Waals surface area contributed by atoms with Gasteiger partial charge in [-0.2, -0.15) is 0 Å². The maximum Gasteiger partial charge on any atom is 0.315 e. The van der Waals surface area contributed by atoms with Gasteiger partial charge in [-0.15, -0.1) is 0 Å². The van der Waals surface area contributed by atoms with E-state index in [4.69, 9.17) is 9.15 Å². The Kier molecular flexibility index (Phi) is 3.94. The molecule has 8 heteroatoms. The third kappa shape index (κ3) is 2.80. The van der Waals surface area contributed by atoms with Crippen LogP contribution in [-0.4, -0.2) is 11.3 Å². The summed E-state index contributed by atoms with van der Waals surface area (Å²) in [5.74, 6) is 0.278. The van der Waals surface area contributed by atoms with Crippen LogP contribution < -0.4 is 15.5 Å². The van der Waals surface area contributed by atoms with Gasteiger partial charge in [-0.3, -0.25) is 19.7 Å². The Morgan fingerprint density at radius 1 is 1.21 bits per heavy atom. The maximum atomic E-state index is 12.3. The van der Waals surface area contributed by atoms with Crippen LogP contribution in [0.4, 0.5) is 11.4 Å². The highest BCUT2D eigenvalue weighted by atomic mass is 16.6. The fourth-order valence-electron chi connectivity index (χ4n) is 2.15. The fourth-order valence-corrected chi connectivity index (χ4v) is 2.15. The predicted octanol–water partition coefficient (Wildman–Crippen LogP) is 3.06. The van der Waals surface area contributed by atoms with Crippen LogP contribution in [0.1, 0.15) is 0 Å². The number of rotatable bonds is 5. The lowest BCUT2D eigenvalue weighted by molar-refractivity contribution is -0.385. The molecule has 24 heavy (non-hydrogen) atoms. The van der Waals surface area contributed by atoms with E-state index in [9.17, 15) is 19.7 Å². The molecule has 0 atom stereocenters. The number of ether oxygens (including phenoxy) is 1. The minimum Gasteiger partial charge on any atom is -0.462 e. The topological polar surface area (TPSA) is 112 Å².